The van der Waals surface area contributed by atoms with Crippen LogP contribution in [-0.4, -0.2) is 0 Å². The lowest BCUT2D eigenvalue weighted by molar-refractivity contribution is 0.146. The Balaban J connectivity index is 2.28. The molecule has 0 heterocycles. The summed E-state index contributed by atoms with van der Waals surface area (Å²) in [6, 6.07) is 3.51. The zero-order chi connectivity index (χ0) is 11.0. The minimum atomic E-state index is -2.78. The van der Waals surface area contributed by atoms with E-state index in [4.69, 9.17) is 5.73 Å². The second-order valence-corrected chi connectivity index (χ2v) is 3.94. The highest BCUT2D eigenvalue weighted by Gasteiger charge is 2.30. The van der Waals surface area contributed by atoms with Gasteiger partial charge in [0.05, 0.1) is 5.56 Å². The van der Waals surface area contributed by atoms with Gasteiger partial charge in [0.25, 0.3) is 6.43 Å². The fourth-order valence-corrected chi connectivity index (χ4v) is 1.66. The maximum Gasteiger partial charge on any atom is 0.266 e. The molecule has 0 bridgehead atoms. The molecule has 1 fully saturated rings. The van der Waals surface area contributed by atoms with Crippen molar-refractivity contribution < 1.29 is 13.2 Å². The van der Waals surface area contributed by atoms with Crippen molar-refractivity contribution in [2.24, 2.45) is 11.7 Å². The molecule has 1 nitrogen and oxygen atoms in total. The summed E-state index contributed by atoms with van der Waals surface area (Å²) in [7, 11) is 0. The van der Waals surface area contributed by atoms with Gasteiger partial charge in [-0.3, -0.25) is 0 Å². The van der Waals surface area contributed by atoms with E-state index in [1.165, 1.54) is 12.1 Å². The normalized spacial score (nSPS) is 18.2. The molecule has 0 radical (unpaired) electrons. The van der Waals surface area contributed by atoms with Crippen LogP contribution in [0.1, 0.15) is 36.4 Å². The number of alkyl halides is 2. The molecule has 82 valence electrons. The summed E-state index contributed by atoms with van der Waals surface area (Å²) in [6.07, 6.45) is -0.721. The number of benzene rings is 1. The summed E-state index contributed by atoms with van der Waals surface area (Å²) in [4.78, 5) is 0. The lowest BCUT2D eigenvalue weighted by Gasteiger charge is -2.12. The number of rotatable bonds is 3. The monoisotopic (exact) mass is 215 g/mol. The van der Waals surface area contributed by atoms with Crippen molar-refractivity contribution in [3.63, 3.8) is 0 Å². The van der Waals surface area contributed by atoms with Gasteiger partial charge in [0.1, 0.15) is 5.82 Å². The molecule has 1 unspecified atom stereocenters. The Morgan fingerprint density at radius 1 is 1.27 bits per heavy atom. The largest absolute Gasteiger partial charge is 0.324 e. The Bertz CT molecular complexity index is 361. The molecule has 0 aromatic heterocycles. The van der Waals surface area contributed by atoms with Gasteiger partial charge in [-0.2, -0.15) is 0 Å². The van der Waals surface area contributed by atoms with Crippen LogP contribution in [0.3, 0.4) is 0 Å². The molecule has 2 rings (SSSR count). The third-order valence-electron chi connectivity index (χ3n) is 2.77. The Morgan fingerprint density at radius 3 is 2.47 bits per heavy atom. The molecule has 0 aliphatic heterocycles. The van der Waals surface area contributed by atoms with Gasteiger partial charge in [-0.25, -0.2) is 13.2 Å². The number of nitrogens with two attached hydrogens (primary N) is 1. The van der Waals surface area contributed by atoms with E-state index < -0.39 is 17.8 Å². The molecule has 1 saturated carbocycles. The summed E-state index contributed by atoms with van der Waals surface area (Å²) in [5.41, 5.74) is 5.91. The molecule has 15 heavy (non-hydrogen) atoms. The average molecular weight is 215 g/mol. The van der Waals surface area contributed by atoms with Crippen LogP contribution in [0, 0.1) is 11.7 Å². The van der Waals surface area contributed by atoms with Gasteiger partial charge in [0, 0.05) is 6.04 Å². The minimum absolute atomic E-state index is 0.233. The number of hydrogen-bond donors (Lipinski definition) is 1. The van der Waals surface area contributed by atoms with Gasteiger partial charge in [-0.15, -0.1) is 0 Å². The van der Waals surface area contributed by atoms with Crippen LogP contribution in [-0.2, 0) is 0 Å². The van der Waals surface area contributed by atoms with Crippen LogP contribution in [0.25, 0.3) is 0 Å². The van der Waals surface area contributed by atoms with Crippen LogP contribution >= 0.6 is 0 Å². The molecule has 2 N–H and O–H groups in total. The highest BCUT2D eigenvalue weighted by molar-refractivity contribution is 5.29. The van der Waals surface area contributed by atoms with Crippen LogP contribution in [0.4, 0.5) is 13.2 Å². The van der Waals surface area contributed by atoms with Crippen molar-refractivity contribution in [1.82, 2.24) is 0 Å². The minimum Gasteiger partial charge on any atom is -0.324 e. The van der Waals surface area contributed by atoms with Crippen molar-refractivity contribution >= 4 is 0 Å². The predicted molar refractivity (Wildman–Crippen MR) is 51.0 cm³/mol. The predicted octanol–water partition coefficient (Wildman–Crippen LogP) is 3.17. The second-order valence-electron chi connectivity index (χ2n) is 3.94. The topological polar surface area (TPSA) is 26.0 Å². The zero-order valence-corrected chi connectivity index (χ0v) is 8.09. The summed E-state index contributed by atoms with van der Waals surface area (Å²) in [5, 5.41) is 0. The van der Waals surface area contributed by atoms with Gasteiger partial charge in [0.15, 0.2) is 0 Å². The molecule has 0 amide bonds. The molecular formula is C11H12F3N. The SMILES string of the molecule is NC(c1ccc(F)c(C(F)F)c1)C1CC1. The molecule has 0 spiro atoms. The summed E-state index contributed by atoms with van der Waals surface area (Å²) in [6.45, 7) is 0. The van der Waals surface area contributed by atoms with Gasteiger partial charge in [-0.1, -0.05) is 6.07 Å². The van der Waals surface area contributed by atoms with E-state index in [-0.39, 0.29) is 6.04 Å². The van der Waals surface area contributed by atoms with Gasteiger partial charge in [0.2, 0.25) is 0 Å². The van der Waals surface area contributed by atoms with Crippen LogP contribution in [0.5, 0.6) is 0 Å². The molecule has 1 atom stereocenters. The number of halogens is 3. The average Bonchev–Trinajstić information content (AvgIpc) is 3.00. The van der Waals surface area contributed by atoms with Crippen LogP contribution in [0.2, 0.25) is 0 Å². The maximum absolute atomic E-state index is 13.0. The quantitative estimate of drug-likeness (QED) is 0.823. The van der Waals surface area contributed by atoms with Crippen molar-refractivity contribution in [2.45, 2.75) is 25.3 Å². The molecular weight excluding hydrogens is 203 g/mol. The van der Waals surface area contributed by atoms with Crippen molar-refractivity contribution in [3.05, 3.63) is 35.1 Å². The third-order valence-corrected chi connectivity index (χ3v) is 2.77. The molecule has 4 heteroatoms. The highest BCUT2D eigenvalue weighted by Crippen LogP contribution is 2.40. The standard InChI is InChI=1S/C11H12F3N/c12-9-4-3-7(5-8(9)11(13)14)10(15)6-1-2-6/h3-6,10-11H,1-2,15H2. The Labute approximate surface area is 86.1 Å². The van der Waals surface area contributed by atoms with E-state index in [1.807, 2.05) is 0 Å². The van der Waals surface area contributed by atoms with Crippen LogP contribution in [0.15, 0.2) is 18.2 Å². The Morgan fingerprint density at radius 2 is 1.93 bits per heavy atom. The van der Waals surface area contributed by atoms with Gasteiger partial charge >= 0.3 is 0 Å². The van der Waals surface area contributed by atoms with E-state index in [1.54, 1.807) is 0 Å². The Kier molecular flexibility index (Phi) is 2.69. The van der Waals surface area contributed by atoms with Crippen molar-refractivity contribution in [1.29, 1.82) is 0 Å². The molecule has 1 aliphatic carbocycles. The second kappa shape index (κ2) is 3.85. The first-order chi connectivity index (χ1) is 7.09. The molecule has 0 saturated heterocycles. The lowest BCUT2D eigenvalue weighted by atomic mass is 10.0. The first kappa shape index (κ1) is 10.5. The third kappa shape index (κ3) is 2.15. The first-order valence-corrected chi connectivity index (χ1v) is 4.92. The summed E-state index contributed by atoms with van der Waals surface area (Å²) < 4.78 is 37.8. The van der Waals surface area contributed by atoms with E-state index in [0.717, 1.165) is 18.9 Å². The van der Waals surface area contributed by atoms with Crippen molar-refractivity contribution in [3.8, 4) is 0 Å². The van der Waals surface area contributed by atoms with Gasteiger partial charge in [-0.05, 0) is 36.5 Å². The maximum atomic E-state index is 13.0. The van der Waals surface area contributed by atoms with Gasteiger partial charge < -0.3 is 5.73 Å². The van der Waals surface area contributed by atoms with E-state index >= 15 is 0 Å². The zero-order valence-electron chi connectivity index (χ0n) is 8.09. The fourth-order valence-electron chi connectivity index (χ4n) is 1.66. The van der Waals surface area contributed by atoms with E-state index in [9.17, 15) is 13.2 Å². The lowest BCUT2D eigenvalue weighted by Crippen LogP contribution is -2.13. The van der Waals surface area contributed by atoms with Crippen molar-refractivity contribution in [2.75, 3.05) is 0 Å². The Hall–Kier alpha value is -1.03. The van der Waals surface area contributed by atoms with E-state index in [0.29, 0.717) is 11.5 Å². The highest BCUT2D eigenvalue weighted by atomic mass is 19.3. The summed E-state index contributed by atoms with van der Waals surface area (Å²) in [5.74, 6) is -0.488. The molecule has 1 aromatic carbocycles. The summed E-state index contributed by atoms with van der Waals surface area (Å²) >= 11 is 0. The molecule has 1 aliphatic rings. The first-order valence-electron chi connectivity index (χ1n) is 4.92. The van der Waals surface area contributed by atoms with Crippen LogP contribution < -0.4 is 5.73 Å². The smallest absolute Gasteiger partial charge is 0.266 e. The fraction of sp³-hybridized carbons (Fsp3) is 0.455. The van der Waals surface area contributed by atoms with E-state index in [2.05, 4.69) is 0 Å². The molecule has 1 aromatic rings. The number of hydrogen-bond acceptors (Lipinski definition) is 1.